The zero-order valence-corrected chi connectivity index (χ0v) is 19.8. The van der Waals surface area contributed by atoms with E-state index >= 15 is 0 Å². The standard InChI is InChI=1S/C20H21N3O3S4/c1-22(2)30(25,26)14-5-6-18(21-12-14)29-13-19(24)23-9-7-16-15(8-11-28-16)20(23)17-4-3-10-27-17/h3-6,8,10-12,20H,7,9,13H2,1-2H3. The van der Waals surface area contributed by atoms with E-state index in [2.05, 4.69) is 22.5 Å². The van der Waals surface area contributed by atoms with Gasteiger partial charge < -0.3 is 4.90 Å². The highest BCUT2D eigenvalue weighted by Gasteiger charge is 2.33. The molecule has 158 valence electrons. The van der Waals surface area contributed by atoms with Gasteiger partial charge in [0.25, 0.3) is 0 Å². The molecular weight excluding hydrogens is 459 g/mol. The van der Waals surface area contributed by atoms with Crippen LogP contribution in [0.3, 0.4) is 0 Å². The topological polar surface area (TPSA) is 70.6 Å². The van der Waals surface area contributed by atoms with Crippen LogP contribution >= 0.6 is 34.4 Å². The van der Waals surface area contributed by atoms with Crippen LogP contribution in [0, 0.1) is 0 Å². The molecule has 4 rings (SSSR count). The van der Waals surface area contributed by atoms with Crippen molar-refractivity contribution >= 4 is 50.4 Å². The first-order chi connectivity index (χ1) is 14.4. The van der Waals surface area contributed by atoms with E-state index in [9.17, 15) is 13.2 Å². The number of fused-ring (bicyclic) bond motifs is 1. The minimum atomic E-state index is -3.51. The van der Waals surface area contributed by atoms with Crippen LogP contribution < -0.4 is 0 Å². The largest absolute Gasteiger partial charge is 0.330 e. The molecule has 0 bridgehead atoms. The number of carbonyl (C=O) groups excluding carboxylic acids is 1. The monoisotopic (exact) mass is 479 g/mol. The summed E-state index contributed by atoms with van der Waals surface area (Å²) in [5.74, 6) is 0.316. The number of amides is 1. The lowest BCUT2D eigenvalue weighted by atomic mass is 9.98. The molecule has 0 N–H and O–H groups in total. The molecule has 1 unspecified atom stereocenters. The van der Waals surface area contributed by atoms with Gasteiger partial charge in [0.2, 0.25) is 15.9 Å². The number of pyridine rings is 1. The fraction of sp³-hybridized carbons (Fsp3) is 0.300. The van der Waals surface area contributed by atoms with Crippen LogP contribution in [-0.4, -0.2) is 54.9 Å². The summed E-state index contributed by atoms with van der Waals surface area (Å²) in [5, 5.41) is 4.77. The third-order valence-corrected chi connectivity index (χ3v) is 9.58. The highest BCUT2D eigenvalue weighted by atomic mass is 32.2. The number of thioether (sulfide) groups is 1. The summed E-state index contributed by atoms with van der Waals surface area (Å²) in [6, 6.07) is 9.38. The van der Waals surface area contributed by atoms with Gasteiger partial charge in [0.05, 0.1) is 16.8 Å². The van der Waals surface area contributed by atoms with Crippen LogP contribution in [0.4, 0.5) is 0 Å². The Morgan fingerprint density at radius 2 is 2.07 bits per heavy atom. The van der Waals surface area contributed by atoms with E-state index in [0.717, 1.165) is 10.7 Å². The summed E-state index contributed by atoms with van der Waals surface area (Å²) in [6.07, 6.45) is 2.22. The maximum absolute atomic E-state index is 13.1. The summed E-state index contributed by atoms with van der Waals surface area (Å²) in [4.78, 5) is 22.0. The van der Waals surface area contributed by atoms with Crippen molar-refractivity contribution in [1.82, 2.24) is 14.2 Å². The lowest BCUT2D eigenvalue weighted by Gasteiger charge is -2.35. The zero-order valence-electron chi connectivity index (χ0n) is 16.5. The first-order valence-electron chi connectivity index (χ1n) is 9.28. The second-order valence-corrected chi connectivity index (χ2v) is 12.1. The minimum absolute atomic E-state index is 0.0336. The highest BCUT2D eigenvalue weighted by Crippen LogP contribution is 2.39. The molecular formula is C20H21N3O3S4. The Hall–Kier alpha value is -1.72. The maximum atomic E-state index is 13.1. The summed E-state index contributed by atoms with van der Waals surface area (Å²) >= 11 is 4.75. The van der Waals surface area contributed by atoms with Gasteiger partial charge in [-0.1, -0.05) is 17.8 Å². The first-order valence-corrected chi connectivity index (χ1v) is 13.5. The molecule has 30 heavy (non-hydrogen) atoms. The Kier molecular flexibility index (Phi) is 6.31. The smallest absolute Gasteiger partial charge is 0.244 e. The molecule has 0 aromatic carbocycles. The van der Waals surface area contributed by atoms with E-state index in [1.165, 1.54) is 53.4 Å². The van der Waals surface area contributed by atoms with E-state index in [0.29, 0.717) is 11.6 Å². The van der Waals surface area contributed by atoms with Gasteiger partial charge >= 0.3 is 0 Å². The van der Waals surface area contributed by atoms with Gasteiger partial charge in [0.1, 0.15) is 4.90 Å². The Labute approximate surface area is 188 Å². The van der Waals surface area contributed by atoms with E-state index in [1.807, 2.05) is 16.3 Å². The average Bonchev–Trinajstić information content (AvgIpc) is 3.43. The number of nitrogens with zero attached hydrogens (tertiary/aromatic N) is 3. The third kappa shape index (κ3) is 4.19. The number of hydrogen-bond donors (Lipinski definition) is 0. The van der Waals surface area contributed by atoms with Gasteiger partial charge in [0, 0.05) is 36.6 Å². The van der Waals surface area contributed by atoms with Gasteiger partial charge in [-0.05, 0) is 47.0 Å². The molecule has 4 heterocycles. The van der Waals surface area contributed by atoms with Crippen molar-refractivity contribution in [2.45, 2.75) is 22.4 Å². The molecule has 1 atom stereocenters. The molecule has 6 nitrogen and oxygen atoms in total. The van der Waals surface area contributed by atoms with E-state index in [-0.39, 0.29) is 22.6 Å². The van der Waals surface area contributed by atoms with Crippen molar-refractivity contribution in [3.63, 3.8) is 0 Å². The van der Waals surface area contributed by atoms with Crippen LogP contribution in [0.15, 0.2) is 57.2 Å². The van der Waals surface area contributed by atoms with Crippen molar-refractivity contribution < 1.29 is 13.2 Å². The minimum Gasteiger partial charge on any atom is -0.330 e. The molecule has 0 spiro atoms. The van der Waals surface area contributed by atoms with Crippen molar-refractivity contribution in [2.24, 2.45) is 0 Å². The molecule has 0 fully saturated rings. The summed E-state index contributed by atoms with van der Waals surface area (Å²) in [5.41, 5.74) is 1.23. The SMILES string of the molecule is CN(C)S(=O)(=O)c1ccc(SCC(=O)N2CCc3sccc3C2c2cccs2)nc1. The zero-order chi connectivity index (χ0) is 21.3. The van der Waals surface area contributed by atoms with Gasteiger partial charge in [-0.15, -0.1) is 22.7 Å². The van der Waals surface area contributed by atoms with Gasteiger partial charge in [-0.2, -0.15) is 0 Å². The van der Waals surface area contributed by atoms with Crippen LogP contribution in [-0.2, 0) is 21.2 Å². The first kappa shape index (κ1) is 21.5. The lowest BCUT2D eigenvalue weighted by molar-refractivity contribution is -0.130. The van der Waals surface area contributed by atoms with Gasteiger partial charge in [-0.25, -0.2) is 17.7 Å². The van der Waals surface area contributed by atoms with E-state index in [4.69, 9.17) is 0 Å². The van der Waals surface area contributed by atoms with Crippen molar-refractivity contribution in [1.29, 1.82) is 0 Å². The molecule has 0 aliphatic carbocycles. The second-order valence-electron chi connectivity index (χ2n) is 6.96. The molecule has 3 aromatic heterocycles. The third-order valence-electron chi connectivity index (χ3n) is 4.93. The fourth-order valence-corrected chi connectivity index (χ4v) is 6.71. The Morgan fingerprint density at radius 1 is 1.23 bits per heavy atom. The number of hydrogen-bond acceptors (Lipinski definition) is 7. The molecule has 0 saturated heterocycles. The van der Waals surface area contributed by atoms with E-state index in [1.54, 1.807) is 28.7 Å². The average molecular weight is 480 g/mol. The predicted molar refractivity (Wildman–Crippen MR) is 122 cm³/mol. The Bertz CT molecular complexity index is 1120. The van der Waals surface area contributed by atoms with Crippen LogP contribution in [0.1, 0.15) is 21.4 Å². The quantitative estimate of drug-likeness (QED) is 0.504. The molecule has 1 amide bonds. The van der Waals surface area contributed by atoms with Crippen molar-refractivity contribution in [3.05, 3.63) is 62.6 Å². The predicted octanol–water partition coefficient (Wildman–Crippen LogP) is 3.72. The molecule has 0 radical (unpaired) electrons. The maximum Gasteiger partial charge on any atom is 0.244 e. The van der Waals surface area contributed by atoms with E-state index < -0.39 is 10.0 Å². The molecule has 1 aliphatic heterocycles. The highest BCUT2D eigenvalue weighted by molar-refractivity contribution is 7.99. The van der Waals surface area contributed by atoms with Crippen LogP contribution in [0.2, 0.25) is 0 Å². The summed E-state index contributed by atoms with van der Waals surface area (Å²) in [6.45, 7) is 0.697. The van der Waals surface area contributed by atoms with Crippen LogP contribution in [0.25, 0.3) is 0 Å². The number of rotatable bonds is 6. The summed E-state index contributed by atoms with van der Waals surface area (Å²) in [7, 11) is -0.540. The van der Waals surface area contributed by atoms with Crippen molar-refractivity contribution in [2.75, 3.05) is 26.4 Å². The number of aromatic nitrogens is 1. The number of carbonyl (C=O) groups is 1. The van der Waals surface area contributed by atoms with Gasteiger partial charge in [0.15, 0.2) is 0 Å². The molecule has 1 aliphatic rings. The number of sulfonamides is 1. The summed E-state index contributed by atoms with van der Waals surface area (Å²) < 4.78 is 25.5. The normalized spacial score (nSPS) is 16.6. The lowest BCUT2D eigenvalue weighted by Crippen LogP contribution is -2.40. The van der Waals surface area contributed by atoms with Gasteiger partial charge in [-0.3, -0.25) is 4.79 Å². The Balaban J connectivity index is 1.47. The fourth-order valence-electron chi connectivity index (χ4n) is 3.37. The molecule has 3 aromatic rings. The van der Waals surface area contributed by atoms with Crippen LogP contribution in [0.5, 0.6) is 0 Å². The Morgan fingerprint density at radius 3 is 2.73 bits per heavy atom. The number of thiophene rings is 2. The van der Waals surface area contributed by atoms with Crippen molar-refractivity contribution in [3.8, 4) is 0 Å². The second kappa shape index (κ2) is 8.80. The molecule has 0 saturated carbocycles. The molecule has 10 heteroatoms.